The second kappa shape index (κ2) is 8.19. The number of ketones is 1. The van der Waals surface area contributed by atoms with Gasteiger partial charge in [0.1, 0.15) is 5.75 Å². The summed E-state index contributed by atoms with van der Waals surface area (Å²) >= 11 is 0. The molecule has 1 heterocycles. The fourth-order valence-corrected chi connectivity index (χ4v) is 4.44. The fourth-order valence-electron chi connectivity index (χ4n) is 4.44. The van der Waals surface area contributed by atoms with Gasteiger partial charge in [0.25, 0.3) is 5.91 Å². The number of dihydropyridines is 1. The van der Waals surface area contributed by atoms with E-state index in [1.807, 2.05) is 56.3 Å². The van der Waals surface area contributed by atoms with Gasteiger partial charge in [-0.15, -0.1) is 0 Å². The molecule has 5 heteroatoms. The monoisotopic (exact) mass is 402 g/mol. The minimum Gasteiger partial charge on any atom is -0.495 e. The molecule has 1 amide bonds. The summed E-state index contributed by atoms with van der Waals surface area (Å²) in [7, 11) is 1.57. The van der Waals surface area contributed by atoms with Crippen molar-refractivity contribution in [1.82, 2.24) is 5.32 Å². The van der Waals surface area contributed by atoms with E-state index in [4.69, 9.17) is 4.74 Å². The van der Waals surface area contributed by atoms with Crippen molar-refractivity contribution in [1.29, 1.82) is 0 Å². The summed E-state index contributed by atoms with van der Waals surface area (Å²) in [5, 5.41) is 6.36. The van der Waals surface area contributed by atoms with Gasteiger partial charge < -0.3 is 15.4 Å². The van der Waals surface area contributed by atoms with Crippen molar-refractivity contribution in [3.8, 4) is 5.75 Å². The predicted molar refractivity (Wildman–Crippen MR) is 117 cm³/mol. The molecule has 0 aromatic heterocycles. The molecule has 1 unspecified atom stereocenters. The van der Waals surface area contributed by atoms with E-state index in [1.165, 1.54) is 0 Å². The van der Waals surface area contributed by atoms with Crippen LogP contribution in [0.2, 0.25) is 0 Å². The minimum atomic E-state index is -0.384. The number of carbonyl (C=O) groups is 2. The fraction of sp³-hybridized carbons (Fsp3) is 0.280. The Morgan fingerprint density at radius 2 is 1.80 bits per heavy atom. The lowest BCUT2D eigenvalue weighted by atomic mass is 9.74. The average molecular weight is 402 g/mol. The summed E-state index contributed by atoms with van der Waals surface area (Å²) in [6.07, 6.45) is 2.17. The molecule has 1 aliphatic heterocycles. The van der Waals surface area contributed by atoms with Gasteiger partial charge in [-0.05, 0) is 49.9 Å². The highest BCUT2D eigenvalue weighted by Crippen LogP contribution is 2.43. The maximum Gasteiger partial charge on any atom is 0.254 e. The van der Waals surface area contributed by atoms with Crippen molar-refractivity contribution >= 4 is 17.4 Å². The van der Waals surface area contributed by atoms with E-state index >= 15 is 0 Å². The van der Waals surface area contributed by atoms with Gasteiger partial charge in [0.05, 0.1) is 12.8 Å². The third kappa shape index (κ3) is 3.52. The molecule has 2 aliphatic rings. The number of Topliss-reactive ketones (excluding diaryl/α,β-unsaturated/α-hetero) is 1. The van der Waals surface area contributed by atoms with Crippen molar-refractivity contribution in [2.75, 3.05) is 12.4 Å². The molecule has 154 valence electrons. The Labute approximate surface area is 176 Å². The number of para-hydroxylation sites is 2. The van der Waals surface area contributed by atoms with Gasteiger partial charge in [-0.1, -0.05) is 36.4 Å². The summed E-state index contributed by atoms with van der Waals surface area (Å²) in [4.78, 5) is 26.5. The maximum absolute atomic E-state index is 13.5. The van der Waals surface area contributed by atoms with Crippen molar-refractivity contribution in [2.24, 2.45) is 0 Å². The summed E-state index contributed by atoms with van der Waals surface area (Å²) < 4.78 is 5.38. The third-order valence-corrected chi connectivity index (χ3v) is 5.88. The zero-order valence-electron chi connectivity index (χ0n) is 17.5. The van der Waals surface area contributed by atoms with Crippen LogP contribution in [0.3, 0.4) is 0 Å². The third-order valence-electron chi connectivity index (χ3n) is 5.88. The Morgan fingerprint density at radius 3 is 2.57 bits per heavy atom. The van der Waals surface area contributed by atoms with Gasteiger partial charge in [-0.25, -0.2) is 0 Å². The molecule has 2 N–H and O–H groups in total. The second-order valence-electron chi connectivity index (χ2n) is 7.78. The van der Waals surface area contributed by atoms with Crippen LogP contribution in [0.25, 0.3) is 0 Å². The Balaban J connectivity index is 1.81. The molecule has 0 bridgehead atoms. The van der Waals surface area contributed by atoms with Crippen molar-refractivity contribution in [3.05, 3.63) is 82.2 Å². The zero-order chi connectivity index (χ0) is 21.3. The number of rotatable bonds is 4. The maximum atomic E-state index is 13.5. The largest absolute Gasteiger partial charge is 0.495 e. The summed E-state index contributed by atoms with van der Waals surface area (Å²) in [5.41, 5.74) is 5.69. The van der Waals surface area contributed by atoms with E-state index in [0.29, 0.717) is 23.4 Å². The Kier molecular flexibility index (Phi) is 5.44. The molecule has 2 aromatic rings. The molecule has 30 heavy (non-hydrogen) atoms. The minimum absolute atomic E-state index is 0.118. The van der Waals surface area contributed by atoms with E-state index < -0.39 is 0 Å². The van der Waals surface area contributed by atoms with E-state index in [9.17, 15) is 9.59 Å². The molecule has 0 radical (unpaired) electrons. The molecule has 0 fully saturated rings. The lowest BCUT2D eigenvalue weighted by molar-refractivity contribution is -0.116. The Hall–Kier alpha value is -3.34. The number of aryl methyl sites for hydroxylation is 1. The number of anilines is 1. The molecule has 1 aliphatic carbocycles. The van der Waals surface area contributed by atoms with Gasteiger partial charge in [0, 0.05) is 34.9 Å². The number of benzene rings is 2. The molecule has 0 spiro atoms. The molecule has 0 saturated heterocycles. The summed E-state index contributed by atoms with van der Waals surface area (Å²) in [6.45, 7) is 3.93. The van der Waals surface area contributed by atoms with E-state index in [0.717, 1.165) is 40.9 Å². The van der Waals surface area contributed by atoms with E-state index in [2.05, 4.69) is 10.6 Å². The summed E-state index contributed by atoms with van der Waals surface area (Å²) in [6, 6.07) is 15.3. The average Bonchev–Trinajstić information content (AvgIpc) is 2.73. The number of ether oxygens (including phenoxy) is 1. The number of methoxy groups -OCH3 is 1. The lowest BCUT2D eigenvalue weighted by Gasteiger charge is -2.35. The van der Waals surface area contributed by atoms with Crippen molar-refractivity contribution < 1.29 is 14.3 Å². The van der Waals surface area contributed by atoms with Crippen molar-refractivity contribution in [2.45, 2.75) is 39.0 Å². The molecular formula is C25H26N2O3. The van der Waals surface area contributed by atoms with Crippen LogP contribution in [0, 0.1) is 6.92 Å². The second-order valence-corrected chi connectivity index (χ2v) is 7.78. The van der Waals surface area contributed by atoms with Crippen LogP contribution in [0.4, 0.5) is 5.69 Å². The zero-order valence-corrected chi connectivity index (χ0v) is 17.5. The highest BCUT2D eigenvalue weighted by molar-refractivity contribution is 6.10. The SMILES string of the molecule is COc1ccccc1NC(=O)C1=C(C)NC2=C(C(=O)CCC2)C1c1ccccc1C. The number of allylic oxidation sites excluding steroid dienone is 3. The van der Waals surface area contributed by atoms with E-state index in [1.54, 1.807) is 13.2 Å². The van der Waals surface area contributed by atoms with Crippen LogP contribution in [-0.2, 0) is 9.59 Å². The van der Waals surface area contributed by atoms with Crippen molar-refractivity contribution in [3.63, 3.8) is 0 Å². The van der Waals surface area contributed by atoms with Gasteiger partial charge in [-0.2, -0.15) is 0 Å². The van der Waals surface area contributed by atoms with Crippen LogP contribution in [0.15, 0.2) is 71.1 Å². The number of carbonyl (C=O) groups excluding carboxylic acids is 2. The number of hydrogen-bond acceptors (Lipinski definition) is 4. The van der Waals surface area contributed by atoms with Gasteiger partial charge in [-0.3, -0.25) is 9.59 Å². The quantitative estimate of drug-likeness (QED) is 0.784. The van der Waals surface area contributed by atoms with Crippen LogP contribution >= 0.6 is 0 Å². The van der Waals surface area contributed by atoms with Gasteiger partial charge in [0.15, 0.2) is 5.78 Å². The van der Waals surface area contributed by atoms with Gasteiger partial charge in [0.2, 0.25) is 0 Å². The number of hydrogen-bond donors (Lipinski definition) is 2. The van der Waals surface area contributed by atoms with Gasteiger partial charge >= 0.3 is 0 Å². The summed E-state index contributed by atoms with van der Waals surface area (Å²) in [5.74, 6) is 0.0914. The molecule has 1 atom stereocenters. The first-order valence-corrected chi connectivity index (χ1v) is 10.2. The van der Waals surface area contributed by atoms with Crippen LogP contribution in [-0.4, -0.2) is 18.8 Å². The Morgan fingerprint density at radius 1 is 1.07 bits per heavy atom. The Bertz CT molecular complexity index is 1080. The highest BCUT2D eigenvalue weighted by Gasteiger charge is 2.39. The predicted octanol–water partition coefficient (Wildman–Crippen LogP) is 4.61. The van der Waals surface area contributed by atoms with E-state index in [-0.39, 0.29) is 17.6 Å². The van der Waals surface area contributed by atoms with Crippen LogP contribution in [0.5, 0.6) is 5.75 Å². The van der Waals surface area contributed by atoms with Crippen LogP contribution < -0.4 is 15.4 Å². The number of nitrogens with one attached hydrogen (secondary N) is 2. The molecular weight excluding hydrogens is 376 g/mol. The first kappa shape index (κ1) is 20.0. The standard InChI is InChI=1S/C25H26N2O3/c1-15-9-4-5-10-17(15)23-22(16(2)26-19-12-8-13-20(28)24(19)23)25(29)27-18-11-6-7-14-21(18)30-3/h4-7,9-11,14,23,26H,8,12-13H2,1-3H3,(H,27,29). The lowest BCUT2D eigenvalue weighted by Crippen LogP contribution is -2.35. The topological polar surface area (TPSA) is 67.4 Å². The number of amides is 1. The molecule has 5 nitrogen and oxygen atoms in total. The smallest absolute Gasteiger partial charge is 0.254 e. The molecule has 0 saturated carbocycles. The molecule has 4 rings (SSSR count). The first-order chi connectivity index (χ1) is 14.5. The molecule has 2 aromatic carbocycles. The first-order valence-electron chi connectivity index (χ1n) is 10.2. The normalized spacial score (nSPS) is 18.6. The highest BCUT2D eigenvalue weighted by atomic mass is 16.5. The van der Waals surface area contributed by atoms with Crippen LogP contribution in [0.1, 0.15) is 43.2 Å².